The maximum absolute atomic E-state index is 8.98. The van der Waals surface area contributed by atoms with Crippen LogP contribution in [0.15, 0.2) is 6.20 Å². The molecule has 1 aliphatic rings. The highest BCUT2D eigenvalue weighted by Gasteiger charge is 2.17. The van der Waals surface area contributed by atoms with E-state index < -0.39 is 0 Å². The molecule has 0 radical (unpaired) electrons. The lowest BCUT2D eigenvalue weighted by Crippen LogP contribution is -2.11. The number of pyridine rings is 1. The molecule has 0 N–H and O–H groups in total. The predicted octanol–water partition coefficient (Wildman–Crippen LogP) is 1.89. The molecule has 1 aliphatic heterocycles. The first-order chi connectivity index (χ1) is 7.36. The van der Waals surface area contributed by atoms with Crippen molar-refractivity contribution in [1.82, 2.24) is 4.98 Å². The Balaban J connectivity index is 2.48. The fraction of sp³-hybridized carbons (Fsp3) is 0.455. The van der Waals surface area contributed by atoms with Gasteiger partial charge in [-0.05, 0) is 23.3 Å². The molecule has 2 heterocycles. The molecule has 0 unspecified atom stereocenters. The normalized spacial score (nSPS) is 14.4. The maximum Gasteiger partial charge on any atom is 0.101 e. The monoisotopic (exact) mass is 220 g/mol. The molecule has 15 heavy (non-hydrogen) atoms. The van der Waals surface area contributed by atoms with Crippen LogP contribution in [0.3, 0.4) is 0 Å². The van der Waals surface area contributed by atoms with Gasteiger partial charge >= 0.3 is 0 Å². The molecule has 2 rings (SSSR count). The smallest absolute Gasteiger partial charge is 0.101 e. The Labute approximate surface area is 93.5 Å². The van der Waals surface area contributed by atoms with Gasteiger partial charge in [0.25, 0.3) is 0 Å². The van der Waals surface area contributed by atoms with E-state index in [1.54, 1.807) is 13.3 Å². The average Bonchev–Trinajstić information content (AvgIpc) is 2.30. The van der Waals surface area contributed by atoms with Crippen LogP contribution < -0.4 is 0 Å². The number of fused-ring (bicyclic) bond motifs is 1. The third kappa shape index (κ3) is 1.99. The summed E-state index contributed by atoms with van der Waals surface area (Å²) in [4.78, 5) is 4.30. The summed E-state index contributed by atoms with van der Waals surface area (Å²) in [5, 5.41) is 8.98. The summed E-state index contributed by atoms with van der Waals surface area (Å²) in [6.45, 7) is 0.540. The van der Waals surface area contributed by atoms with E-state index in [2.05, 4.69) is 11.1 Å². The minimum Gasteiger partial charge on any atom is -0.378 e. The lowest BCUT2D eigenvalue weighted by Gasteiger charge is -2.19. The molecule has 0 atom stereocenters. The van der Waals surface area contributed by atoms with Crippen molar-refractivity contribution in [3.8, 4) is 6.07 Å². The van der Waals surface area contributed by atoms with Gasteiger partial charge in [0.15, 0.2) is 0 Å². The van der Waals surface area contributed by atoms with Gasteiger partial charge in [0.1, 0.15) is 6.07 Å². The van der Waals surface area contributed by atoms with Crippen molar-refractivity contribution in [3.63, 3.8) is 0 Å². The van der Waals surface area contributed by atoms with Gasteiger partial charge < -0.3 is 4.74 Å². The Morgan fingerprint density at radius 1 is 1.60 bits per heavy atom. The molecule has 0 bridgehead atoms. The van der Waals surface area contributed by atoms with Crippen LogP contribution in [0.5, 0.6) is 0 Å². The second-order valence-corrected chi connectivity index (χ2v) is 4.53. The number of nitriles is 1. The fourth-order valence-electron chi connectivity index (χ4n) is 1.80. The zero-order valence-corrected chi connectivity index (χ0v) is 9.43. The number of hydrogen-bond acceptors (Lipinski definition) is 4. The molecule has 0 aliphatic carbocycles. The number of ether oxygens (including phenoxy) is 1. The number of methoxy groups -OCH3 is 1. The molecule has 3 nitrogen and oxygen atoms in total. The quantitative estimate of drug-likeness (QED) is 0.763. The van der Waals surface area contributed by atoms with E-state index in [4.69, 9.17) is 10.00 Å². The Bertz CT molecular complexity index is 412. The van der Waals surface area contributed by atoms with Crippen molar-refractivity contribution >= 4 is 11.8 Å². The molecular weight excluding hydrogens is 208 g/mol. The minimum atomic E-state index is 0.540. The second kappa shape index (κ2) is 4.65. The summed E-state index contributed by atoms with van der Waals surface area (Å²) < 4.78 is 5.12. The van der Waals surface area contributed by atoms with Crippen molar-refractivity contribution in [3.05, 3.63) is 28.6 Å². The van der Waals surface area contributed by atoms with Crippen molar-refractivity contribution in [2.75, 3.05) is 12.9 Å². The fourth-order valence-corrected chi connectivity index (χ4v) is 2.83. The number of rotatable bonds is 2. The van der Waals surface area contributed by atoms with Crippen LogP contribution in [0.2, 0.25) is 0 Å². The van der Waals surface area contributed by atoms with Crippen molar-refractivity contribution in [1.29, 1.82) is 5.26 Å². The molecule has 0 amide bonds. The standard InChI is InChI=1S/C11H12N2OS/c1-14-6-11-9-2-3-15-7-10(9)8(4-12)5-13-11/h5H,2-3,6-7H2,1H3. The van der Waals surface area contributed by atoms with Crippen molar-refractivity contribution in [2.45, 2.75) is 18.8 Å². The van der Waals surface area contributed by atoms with E-state index in [1.165, 1.54) is 5.56 Å². The first kappa shape index (κ1) is 10.5. The Morgan fingerprint density at radius 3 is 3.20 bits per heavy atom. The molecule has 4 heteroatoms. The van der Waals surface area contributed by atoms with Gasteiger partial charge in [-0.1, -0.05) is 0 Å². The number of thioether (sulfide) groups is 1. The Morgan fingerprint density at radius 2 is 2.47 bits per heavy atom. The molecular formula is C11H12N2OS. The van der Waals surface area contributed by atoms with E-state index in [9.17, 15) is 0 Å². The van der Waals surface area contributed by atoms with Crippen LogP contribution in [-0.2, 0) is 23.5 Å². The number of hydrogen-bond donors (Lipinski definition) is 0. The van der Waals surface area contributed by atoms with Gasteiger partial charge in [-0.3, -0.25) is 4.98 Å². The molecule has 1 aromatic heterocycles. The molecule has 0 spiro atoms. The van der Waals surface area contributed by atoms with Crippen LogP contribution in [0.25, 0.3) is 0 Å². The third-order valence-corrected chi connectivity index (χ3v) is 3.52. The zero-order chi connectivity index (χ0) is 10.7. The first-order valence-electron chi connectivity index (χ1n) is 4.83. The van der Waals surface area contributed by atoms with Gasteiger partial charge in [0.05, 0.1) is 17.9 Å². The van der Waals surface area contributed by atoms with Crippen LogP contribution in [0.1, 0.15) is 22.4 Å². The minimum absolute atomic E-state index is 0.540. The van der Waals surface area contributed by atoms with Gasteiger partial charge in [0, 0.05) is 19.1 Å². The van der Waals surface area contributed by atoms with E-state index in [0.29, 0.717) is 6.61 Å². The molecule has 78 valence electrons. The van der Waals surface area contributed by atoms with E-state index in [-0.39, 0.29) is 0 Å². The van der Waals surface area contributed by atoms with Gasteiger partial charge in [0.2, 0.25) is 0 Å². The average molecular weight is 220 g/mol. The number of nitrogens with zero attached hydrogens (tertiary/aromatic N) is 2. The summed E-state index contributed by atoms with van der Waals surface area (Å²) in [5.74, 6) is 2.04. The summed E-state index contributed by atoms with van der Waals surface area (Å²) >= 11 is 1.87. The highest BCUT2D eigenvalue weighted by atomic mass is 32.2. The highest BCUT2D eigenvalue weighted by Crippen LogP contribution is 2.28. The zero-order valence-electron chi connectivity index (χ0n) is 8.62. The third-order valence-electron chi connectivity index (χ3n) is 2.53. The van der Waals surface area contributed by atoms with Crippen molar-refractivity contribution < 1.29 is 4.74 Å². The van der Waals surface area contributed by atoms with Crippen LogP contribution in [0, 0.1) is 11.3 Å². The van der Waals surface area contributed by atoms with Gasteiger partial charge in [-0.2, -0.15) is 17.0 Å². The molecule has 0 saturated heterocycles. The predicted molar refractivity (Wildman–Crippen MR) is 59.5 cm³/mol. The summed E-state index contributed by atoms with van der Waals surface area (Å²) in [6, 6.07) is 2.21. The molecule has 1 aromatic rings. The largest absolute Gasteiger partial charge is 0.378 e. The topological polar surface area (TPSA) is 45.9 Å². The lowest BCUT2D eigenvalue weighted by atomic mass is 10.0. The molecule has 0 saturated carbocycles. The van der Waals surface area contributed by atoms with Crippen molar-refractivity contribution in [2.24, 2.45) is 0 Å². The van der Waals surface area contributed by atoms with Gasteiger partial charge in [-0.25, -0.2) is 0 Å². The Kier molecular flexibility index (Phi) is 3.24. The van der Waals surface area contributed by atoms with Crippen LogP contribution >= 0.6 is 11.8 Å². The summed E-state index contributed by atoms with van der Waals surface area (Å²) in [7, 11) is 1.67. The Hall–Kier alpha value is -1.05. The maximum atomic E-state index is 8.98. The number of aromatic nitrogens is 1. The second-order valence-electron chi connectivity index (χ2n) is 3.42. The molecule has 0 fully saturated rings. The SMILES string of the molecule is COCc1ncc(C#N)c2c1CCSC2. The lowest BCUT2D eigenvalue weighted by molar-refractivity contribution is 0.180. The van der Waals surface area contributed by atoms with Crippen LogP contribution in [0.4, 0.5) is 0 Å². The summed E-state index contributed by atoms with van der Waals surface area (Å²) in [5.41, 5.74) is 4.11. The van der Waals surface area contributed by atoms with E-state index in [1.807, 2.05) is 11.8 Å². The first-order valence-corrected chi connectivity index (χ1v) is 5.98. The van der Waals surface area contributed by atoms with E-state index in [0.717, 1.165) is 34.7 Å². The molecule has 0 aromatic carbocycles. The van der Waals surface area contributed by atoms with Gasteiger partial charge in [-0.15, -0.1) is 0 Å². The highest BCUT2D eigenvalue weighted by molar-refractivity contribution is 7.98. The summed E-state index contributed by atoms with van der Waals surface area (Å²) in [6.07, 6.45) is 2.67. The van der Waals surface area contributed by atoms with E-state index >= 15 is 0 Å². The van der Waals surface area contributed by atoms with Crippen LogP contribution in [-0.4, -0.2) is 17.8 Å².